The lowest BCUT2D eigenvalue weighted by Crippen LogP contribution is -2.45. The van der Waals surface area contributed by atoms with Crippen LogP contribution in [-0.4, -0.2) is 72.3 Å². The molecule has 0 saturated carbocycles. The monoisotopic (exact) mass is 428 g/mol. The molecule has 0 aliphatic carbocycles. The number of likely N-dealkylation sites (N-methyl/N-ethyl adjacent to an activating group) is 1. The highest BCUT2D eigenvalue weighted by Gasteiger charge is 2.20. The molecule has 3 aromatic rings. The quantitative estimate of drug-likeness (QED) is 0.527. The molecular formula is C22H26F2N6O. The van der Waals surface area contributed by atoms with Crippen LogP contribution in [0.15, 0.2) is 36.4 Å². The van der Waals surface area contributed by atoms with E-state index < -0.39 is 17.7 Å². The van der Waals surface area contributed by atoms with Gasteiger partial charge < -0.3 is 15.1 Å². The number of H-pyrrole nitrogens is 1. The number of rotatable bonds is 6. The first-order chi connectivity index (χ1) is 15.0. The normalized spacial score (nSPS) is 15.3. The second-order valence-electron chi connectivity index (χ2n) is 7.79. The lowest BCUT2D eigenvalue weighted by Gasteiger charge is -2.32. The molecule has 1 aliphatic heterocycles. The van der Waals surface area contributed by atoms with Crippen molar-refractivity contribution in [2.45, 2.75) is 6.42 Å². The Morgan fingerprint density at radius 1 is 1.13 bits per heavy atom. The van der Waals surface area contributed by atoms with Crippen LogP contribution in [0.3, 0.4) is 0 Å². The molecule has 2 heterocycles. The maximum absolute atomic E-state index is 14.6. The summed E-state index contributed by atoms with van der Waals surface area (Å²) < 4.78 is 29.1. The number of carbonyl (C=O) groups excluding carboxylic acids is 1. The number of fused-ring (bicyclic) bond motifs is 1. The van der Waals surface area contributed by atoms with E-state index in [0.717, 1.165) is 39.1 Å². The van der Waals surface area contributed by atoms with Crippen molar-refractivity contribution in [2.75, 3.05) is 51.6 Å². The number of piperazine rings is 1. The number of nitrogens with one attached hydrogen (secondary N) is 3. The highest BCUT2D eigenvalue weighted by Crippen LogP contribution is 2.32. The SMILES string of the molecule is CN1CCN(CCCNC(=O)Nc2n[nH]c3c(F)c(F)c(-c4ccccc4)cc23)CC1. The van der Waals surface area contributed by atoms with Crippen molar-refractivity contribution in [3.8, 4) is 11.1 Å². The Hall–Kier alpha value is -3.04. The molecule has 0 radical (unpaired) electrons. The fraction of sp³-hybridized carbons (Fsp3) is 0.364. The average Bonchev–Trinajstić information content (AvgIpc) is 3.18. The molecule has 1 fully saturated rings. The van der Waals surface area contributed by atoms with Crippen LogP contribution in [0.2, 0.25) is 0 Å². The minimum absolute atomic E-state index is 0.0810. The van der Waals surface area contributed by atoms with Crippen LogP contribution in [0, 0.1) is 11.6 Å². The van der Waals surface area contributed by atoms with Gasteiger partial charge in [-0.3, -0.25) is 10.4 Å². The van der Waals surface area contributed by atoms with Gasteiger partial charge in [0.25, 0.3) is 0 Å². The Kier molecular flexibility index (Phi) is 6.43. The molecule has 1 saturated heterocycles. The second-order valence-corrected chi connectivity index (χ2v) is 7.79. The Morgan fingerprint density at radius 2 is 1.87 bits per heavy atom. The number of aromatic amines is 1. The van der Waals surface area contributed by atoms with Crippen molar-refractivity contribution in [3.05, 3.63) is 48.0 Å². The summed E-state index contributed by atoms with van der Waals surface area (Å²) >= 11 is 0. The minimum Gasteiger partial charge on any atom is -0.338 e. The summed E-state index contributed by atoms with van der Waals surface area (Å²) in [6.45, 7) is 5.62. The minimum atomic E-state index is -1.02. The summed E-state index contributed by atoms with van der Waals surface area (Å²) in [5.41, 5.74) is 0.575. The lowest BCUT2D eigenvalue weighted by molar-refractivity contribution is 0.153. The number of hydrogen-bond donors (Lipinski definition) is 3. The van der Waals surface area contributed by atoms with E-state index in [9.17, 15) is 13.6 Å². The summed E-state index contributed by atoms with van der Waals surface area (Å²) in [6.07, 6.45) is 0.830. The van der Waals surface area contributed by atoms with Crippen LogP contribution >= 0.6 is 0 Å². The summed E-state index contributed by atoms with van der Waals surface area (Å²) in [6, 6.07) is 9.76. The lowest BCUT2D eigenvalue weighted by atomic mass is 10.0. The van der Waals surface area contributed by atoms with Crippen LogP contribution < -0.4 is 10.6 Å². The fourth-order valence-corrected chi connectivity index (χ4v) is 3.75. The molecule has 1 aromatic heterocycles. The van der Waals surface area contributed by atoms with Crippen LogP contribution in [0.1, 0.15) is 6.42 Å². The van der Waals surface area contributed by atoms with Gasteiger partial charge in [-0.1, -0.05) is 30.3 Å². The largest absolute Gasteiger partial charge is 0.338 e. The number of nitrogens with zero attached hydrogens (tertiary/aromatic N) is 3. The summed E-state index contributed by atoms with van der Waals surface area (Å²) in [5.74, 6) is -1.82. The second kappa shape index (κ2) is 9.40. The predicted octanol–water partition coefficient (Wildman–Crippen LogP) is 3.27. The molecule has 164 valence electrons. The molecule has 1 aliphatic rings. The molecule has 0 unspecified atom stereocenters. The van der Waals surface area contributed by atoms with Gasteiger partial charge in [-0.05, 0) is 31.6 Å². The molecule has 0 bridgehead atoms. The molecule has 3 N–H and O–H groups in total. The molecule has 4 rings (SSSR count). The Balaban J connectivity index is 1.39. The molecule has 0 atom stereocenters. The average molecular weight is 428 g/mol. The maximum atomic E-state index is 14.6. The third kappa shape index (κ3) is 4.83. The molecule has 0 spiro atoms. The first kappa shape index (κ1) is 21.2. The van der Waals surface area contributed by atoms with E-state index in [0.29, 0.717) is 17.5 Å². The molecule has 31 heavy (non-hydrogen) atoms. The van der Waals surface area contributed by atoms with E-state index >= 15 is 0 Å². The number of urea groups is 1. The van der Waals surface area contributed by atoms with E-state index in [1.807, 2.05) is 0 Å². The van der Waals surface area contributed by atoms with Gasteiger partial charge in [-0.2, -0.15) is 5.10 Å². The Labute approximate surface area is 179 Å². The third-order valence-electron chi connectivity index (χ3n) is 5.59. The molecule has 2 amide bonds. The number of anilines is 1. The number of amides is 2. The van der Waals surface area contributed by atoms with E-state index in [1.54, 1.807) is 30.3 Å². The van der Waals surface area contributed by atoms with Gasteiger partial charge in [0.05, 0.1) is 0 Å². The topological polar surface area (TPSA) is 76.3 Å². The molecule has 7 nitrogen and oxygen atoms in total. The smallest absolute Gasteiger partial charge is 0.320 e. The highest BCUT2D eigenvalue weighted by molar-refractivity contribution is 6.00. The van der Waals surface area contributed by atoms with Gasteiger partial charge >= 0.3 is 6.03 Å². The van der Waals surface area contributed by atoms with Crippen LogP contribution in [-0.2, 0) is 0 Å². The number of benzene rings is 2. The highest BCUT2D eigenvalue weighted by atomic mass is 19.2. The van der Waals surface area contributed by atoms with Gasteiger partial charge in [0.1, 0.15) is 5.52 Å². The van der Waals surface area contributed by atoms with Crippen molar-refractivity contribution in [2.24, 2.45) is 0 Å². The van der Waals surface area contributed by atoms with E-state index in [1.165, 1.54) is 6.07 Å². The van der Waals surface area contributed by atoms with E-state index in [4.69, 9.17) is 0 Å². The summed E-state index contributed by atoms with van der Waals surface area (Å²) in [4.78, 5) is 17.0. The summed E-state index contributed by atoms with van der Waals surface area (Å²) in [7, 11) is 2.12. The number of halogens is 2. The molecule has 2 aromatic carbocycles. The van der Waals surface area contributed by atoms with Crippen LogP contribution in [0.4, 0.5) is 19.4 Å². The number of aromatic nitrogens is 2. The number of carbonyl (C=O) groups is 1. The fourth-order valence-electron chi connectivity index (χ4n) is 3.75. The molecular weight excluding hydrogens is 402 g/mol. The van der Waals surface area contributed by atoms with E-state index in [2.05, 4.69) is 37.7 Å². The zero-order valence-electron chi connectivity index (χ0n) is 17.4. The van der Waals surface area contributed by atoms with Crippen LogP contribution in [0.25, 0.3) is 22.0 Å². The van der Waals surface area contributed by atoms with Gasteiger partial charge in [0, 0.05) is 43.7 Å². The van der Waals surface area contributed by atoms with Crippen molar-refractivity contribution >= 4 is 22.8 Å². The van der Waals surface area contributed by atoms with Crippen molar-refractivity contribution in [3.63, 3.8) is 0 Å². The van der Waals surface area contributed by atoms with Gasteiger partial charge in [0.15, 0.2) is 17.5 Å². The van der Waals surface area contributed by atoms with Gasteiger partial charge in [-0.25, -0.2) is 13.6 Å². The third-order valence-corrected chi connectivity index (χ3v) is 5.59. The van der Waals surface area contributed by atoms with Crippen molar-refractivity contribution in [1.82, 2.24) is 25.3 Å². The first-order valence-electron chi connectivity index (χ1n) is 10.4. The predicted molar refractivity (Wildman–Crippen MR) is 117 cm³/mol. The number of hydrogen-bond acceptors (Lipinski definition) is 4. The van der Waals surface area contributed by atoms with Gasteiger partial charge in [0.2, 0.25) is 0 Å². The van der Waals surface area contributed by atoms with Gasteiger partial charge in [-0.15, -0.1) is 0 Å². The molecule has 9 heteroatoms. The standard InChI is InChI=1S/C22H26F2N6O/c1-29-10-12-30(13-11-29)9-5-8-25-22(31)26-21-17-14-16(15-6-3-2-4-7-15)18(23)19(24)20(17)27-28-21/h2-4,6-7,14H,5,8-13H2,1H3,(H3,25,26,27,28,31). The summed E-state index contributed by atoms with van der Waals surface area (Å²) in [5, 5.41) is 12.2. The Bertz CT molecular complexity index is 1050. The zero-order chi connectivity index (χ0) is 21.8. The Morgan fingerprint density at radius 3 is 2.61 bits per heavy atom. The van der Waals surface area contributed by atoms with E-state index in [-0.39, 0.29) is 16.9 Å². The zero-order valence-corrected chi connectivity index (χ0v) is 17.4. The van der Waals surface area contributed by atoms with Crippen LogP contribution in [0.5, 0.6) is 0 Å². The maximum Gasteiger partial charge on any atom is 0.320 e. The van der Waals surface area contributed by atoms with Crippen molar-refractivity contribution < 1.29 is 13.6 Å². The van der Waals surface area contributed by atoms with Crippen molar-refractivity contribution in [1.29, 1.82) is 0 Å². The first-order valence-corrected chi connectivity index (χ1v) is 10.4.